The van der Waals surface area contributed by atoms with E-state index in [0.717, 1.165) is 4.90 Å². The summed E-state index contributed by atoms with van der Waals surface area (Å²) in [6, 6.07) is 14.2. The zero-order valence-corrected chi connectivity index (χ0v) is 14.4. The predicted octanol–water partition coefficient (Wildman–Crippen LogP) is 3.60. The maximum absolute atomic E-state index is 12.1. The first kappa shape index (κ1) is 17.9. The molecule has 0 atom stereocenters. The van der Waals surface area contributed by atoms with E-state index < -0.39 is 11.9 Å². The summed E-state index contributed by atoms with van der Waals surface area (Å²) < 4.78 is 10.5. The van der Waals surface area contributed by atoms with Crippen LogP contribution in [0.25, 0.3) is 0 Å². The van der Waals surface area contributed by atoms with Gasteiger partial charge in [-0.05, 0) is 43.5 Å². The molecule has 0 saturated carbocycles. The van der Waals surface area contributed by atoms with Crippen molar-refractivity contribution >= 4 is 29.3 Å². The van der Waals surface area contributed by atoms with E-state index in [2.05, 4.69) is 5.32 Å². The molecule has 0 aliphatic heterocycles. The molecule has 0 aliphatic carbocycles. The smallest absolute Gasteiger partial charge is 0.342 e. The second-order valence-corrected chi connectivity index (χ2v) is 5.67. The average molecular weight is 345 g/mol. The maximum atomic E-state index is 12.1. The van der Waals surface area contributed by atoms with E-state index in [0.29, 0.717) is 23.6 Å². The number of hydrogen-bond donors (Lipinski definition) is 1. The molecule has 126 valence electrons. The lowest BCUT2D eigenvalue weighted by Gasteiger charge is -2.10. The van der Waals surface area contributed by atoms with E-state index in [4.69, 9.17) is 9.47 Å². The molecule has 6 heteroatoms. The number of amides is 1. The number of nitrogens with one attached hydrogen (secondary N) is 1. The number of benzene rings is 2. The molecule has 24 heavy (non-hydrogen) atoms. The van der Waals surface area contributed by atoms with Gasteiger partial charge in [-0.1, -0.05) is 18.2 Å². The third-order valence-corrected chi connectivity index (χ3v) is 3.82. The summed E-state index contributed by atoms with van der Waals surface area (Å²) in [6.07, 6.45) is 1.96. The first-order chi connectivity index (χ1) is 11.6. The summed E-state index contributed by atoms with van der Waals surface area (Å²) >= 11 is 1.58. The van der Waals surface area contributed by atoms with Crippen LogP contribution in [0.4, 0.5) is 5.69 Å². The molecule has 2 aromatic rings. The van der Waals surface area contributed by atoms with E-state index >= 15 is 0 Å². The van der Waals surface area contributed by atoms with Crippen molar-refractivity contribution in [2.24, 2.45) is 0 Å². The lowest BCUT2D eigenvalue weighted by Crippen LogP contribution is -2.21. The number of esters is 1. The Hall–Kier alpha value is -2.47. The van der Waals surface area contributed by atoms with Crippen LogP contribution in [0.5, 0.6) is 5.75 Å². The Balaban J connectivity index is 1.92. The summed E-state index contributed by atoms with van der Waals surface area (Å²) in [4.78, 5) is 25.1. The number of carbonyl (C=O) groups is 2. The monoisotopic (exact) mass is 345 g/mol. The summed E-state index contributed by atoms with van der Waals surface area (Å²) in [7, 11) is 0. The quantitative estimate of drug-likeness (QED) is 0.613. The molecule has 0 unspecified atom stereocenters. The zero-order chi connectivity index (χ0) is 17.4. The van der Waals surface area contributed by atoms with Crippen molar-refractivity contribution < 1.29 is 19.1 Å². The summed E-state index contributed by atoms with van der Waals surface area (Å²) in [6.45, 7) is 1.91. The van der Waals surface area contributed by atoms with Crippen LogP contribution in [-0.4, -0.2) is 31.3 Å². The molecule has 0 aliphatic rings. The normalized spacial score (nSPS) is 10.1. The number of hydrogen-bond acceptors (Lipinski definition) is 5. The number of anilines is 1. The van der Waals surface area contributed by atoms with Gasteiger partial charge in [0.2, 0.25) is 0 Å². The van der Waals surface area contributed by atoms with Crippen LogP contribution >= 0.6 is 11.8 Å². The van der Waals surface area contributed by atoms with Crippen LogP contribution in [-0.2, 0) is 9.53 Å². The molecule has 0 radical (unpaired) electrons. The van der Waals surface area contributed by atoms with Crippen molar-refractivity contribution in [3.8, 4) is 5.75 Å². The van der Waals surface area contributed by atoms with Gasteiger partial charge in [-0.15, -0.1) is 11.8 Å². The standard InChI is InChI=1S/C18H19NO4S/c1-3-22-16-10-5-4-9-15(16)18(21)23-12-17(20)19-13-7-6-8-14(11-13)24-2/h4-11H,3,12H2,1-2H3,(H,19,20). The molecule has 0 spiro atoms. The fourth-order valence-corrected chi connectivity index (χ4v) is 2.48. The molecule has 0 saturated heterocycles. The third kappa shape index (κ3) is 5.03. The first-order valence-corrected chi connectivity index (χ1v) is 8.69. The number of rotatable bonds is 7. The van der Waals surface area contributed by atoms with Gasteiger partial charge in [0.15, 0.2) is 6.61 Å². The van der Waals surface area contributed by atoms with E-state index in [9.17, 15) is 9.59 Å². The van der Waals surface area contributed by atoms with Gasteiger partial charge in [0.05, 0.1) is 6.61 Å². The Morgan fingerprint density at radius 2 is 1.92 bits per heavy atom. The van der Waals surface area contributed by atoms with Gasteiger partial charge in [-0.25, -0.2) is 4.79 Å². The Morgan fingerprint density at radius 1 is 1.12 bits per heavy atom. The predicted molar refractivity (Wildman–Crippen MR) is 94.7 cm³/mol. The van der Waals surface area contributed by atoms with E-state index in [1.165, 1.54) is 0 Å². The SMILES string of the molecule is CCOc1ccccc1C(=O)OCC(=O)Nc1cccc(SC)c1. The van der Waals surface area contributed by atoms with Crippen molar-refractivity contribution in [1.29, 1.82) is 0 Å². The topological polar surface area (TPSA) is 64.6 Å². The van der Waals surface area contributed by atoms with Gasteiger partial charge >= 0.3 is 5.97 Å². The number of carbonyl (C=O) groups excluding carboxylic acids is 2. The molecule has 1 N–H and O–H groups in total. The molecule has 5 nitrogen and oxygen atoms in total. The molecule has 0 bridgehead atoms. The van der Waals surface area contributed by atoms with Gasteiger partial charge in [-0.2, -0.15) is 0 Å². The zero-order valence-electron chi connectivity index (χ0n) is 13.6. The second-order valence-electron chi connectivity index (χ2n) is 4.79. The highest BCUT2D eigenvalue weighted by atomic mass is 32.2. The van der Waals surface area contributed by atoms with Crippen LogP contribution in [0.15, 0.2) is 53.4 Å². The molecular weight excluding hydrogens is 326 g/mol. The van der Waals surface area contributed by atoms with Crippen LogP contribution in [0.3, 0.4) is 0 Å². The lowest BCUT2D eigenvalue weighted by molar-refractivity contribution is -0.119. The highest BCUT2D eigenvalue weighted by Gasteiger charge is 2.15. The van der Waals surface area contributed by atoms with Crippen LogP contribution in [0.2, 0.25) is 0 Å². The summed E-state index contributed by atoms with van der Waals surface area (Å²) in [5.41, 5.74) is 0.967. The van der Waals surface area contributed by atoms with Crippen LogP contribution in [0, 0.1) is 0 Å². The number of ether oxygens (including phenoxy) is 2. The van der Waals surface area contributed by atoms with Gasteiger partial charge in [0.1, 0.15) is 11.3 Å². The minimum Gasteiger partial charge on any atom is -0.493 e. The highest BCUT2D eigenvalue weighted by Crippen LogP contribution is 2.20. The van der Waals surface area contributed by atoms with Gasteiger partial charge in [-0.3, -0.25) is 4.79 Å². The lowest BCUT2D eigenvalue weighted by atomic mass is 10.2. The van der Waals surface area contributed by atoms with E-state index in [1.807, 2.05) is 31.4 Å². The van der Waals surface area contributed by atoms with Crippen LogP contribution in [0.1, 0.15) is 17.3 Å². The molecule has 0 heterocycles. The van der Waals surface area contributed by atoms with Crippen molar-refractivity contribution in [3.63, 3.8) is 0 Å². The Bertz CT molecular complexity index is 718. The number of thioether (sulfide) groups is 1. The van der Waals surface area contributed by atoms with Crippen molar-refractivity contribution in [1.82, 2.24) is 0 Å². The number of para-hydroxylation sites is 1. The maximum Gasteiger partial charge on any atom is 0.342 e. The summed E-state index contributed by atoms with van der Waals surface area (Å²) in [5.74, 6) is -0.541. The molecule has 0 aromatic heterocycles. The second kappa shape index (κ2) is 8.98. The molecule has 2 rings (SSSR count). The fraction of sp³-hybridized carbons (Fsp3) is 0.222. The van der Waals surface area contributed by atoms with Gasteiger partial charge in [0.25, 0.3) is 5.91 Å². The Labute approximate surface area is 145 Å². The van der Waals surface area contributed by atoms with Gasteiger partial charge in [0, 0.05) is 10.6 Å². The molecule has 0 fully saturated rings. The highest BCUT2D eigenvalue weighted by molar-refractivity contribution is 7.98. The van der Waals surface area contributed by atoms with E-state index in [1.54, 1.807) is 42.1 Å². The van der Waals surface area contributed by atoms with E-state index in [-0.39, 0.29) is 6.61 Å². The molecule has 2 aromatic carbocycles. The Morgan fingerprint density at radius 3 is 2.67 bits per heavy atom. The average Bonchev–Trinajstić information content (AvgIpc) is 2.60. The van der Waals surface area contributed by atoms with Crippen molar-refractivity contribution in [2.75, 3.05) is 24.8 Å². The summed E-state index contributed by atoms with van der Waals surface area (Å²) in [5, 5.41) is 2.70. The first-order valence-electron chi connectivity index (χ1n) is 7.47. The minimum atomic E-state index is -0.591. The minimum absolute atomic E-state index is 0.302. The van der Waals surface area contributed by atoms with Gasteiger partial charge < -0.3 is 14.8 Å². The molecular formula is C18H19NO4S. The van der Waals surface area contributed by atoms with Crippen molar-refractivity contribution in [3.05, 3.63) is 54.1 Å². The Kier molecular flexibility index (Phi) is 6.69. The van der Waals surface area contributed by atoms with Crippen LogP contribution < -0.4 is 10.1 Å². The fourth-order valence-electron chi connectivity index (χ4n) is 2.02. The third-order valence-electron chi connectivity index (χ3n) is 3.09. The largest absolute Gasteiger partial charge is 0.493 e. The molecule has 1 amide bonds. The van der Waals surface area contributed by atoms with Crippen molar-refractivity contribution in [2.45, 2.75) is 11.8 Å².